The molecule has 0 saturated carbocycles. The molecule has 2 aromatic rings. The number of rotatable bonds is 1. The third kappa shape index (κ3) is 2.38. The van der Waals surface area contributed by atoms with Crippen molar-refractivity contribution in [3.8, 4) is 0 Å². The van der Waals surface area contributed by atoms with Crippen LogP contribution in [0.3, 0.4) is 0 Å². The third-order valence-electron chi connectivity index (χ3n) is 3.49. The number of pyridine rings is 1. The van der Waals surface area contributed by atoms with Crippen molar-refractivity contribution in [2.75, 3.05) is 18.4 Å². The number of nitrogens with one attached hydrogen (secondary N) is 1. The fourth-order valence-electron chi connectivity index (χ4n) is 2.46. The zero-order valence-electron chi connectivity index (χ0n) is 11.0. The van der Waals surface area contributed by atoms with Gasteiger partial charge in [-0.15, -0.1) is 0 Å². The van der Waals surface area contributed by atoms with Crippen molar-refractivity contribution in [3.63, 3.8) is 0 Å². The maximum Gasteiger partial charge on any atom is 0.321 e. The molecule has 4 heteroatoms. The van der Waals surface area contributed by atoms with E-state index < -0.39 is 0 Å². The molecule has 1 aliphatic heterocycles. The Hall–Kier alpha value is -2.10. The quantitative estimate of drug-likeness (QED) is 0.850. The molecule has 1 N–H and O–H groups in total. The van der Waals surface area contributed by atoms with E-state index in [2.05, 4.69) is 10.3 Å². The van der Waals surface area contributed by atoms with Gasteiger partial charge >= 0.3 is 6.03 Å². The minimum Gasteiger partial charge on any atom is -0.325 e. The maximum atomic E-state index is 12.1. The molecule has 1 fully saturated rings. The summed E-state index contributed by atoms with van der Waals surface area (Å²) in [6.07, 6.45) is 2.20. The summed E-state index contributed by atoms with van der Waals surface area (Å²) < 4.78 is 0. The van der Waals surface area contributed by atoms with Gasteiger partial charge in [-0.25, -0.2) is 4.79 Å². The van der Waals surface area contributed by atoms with Crippen LogP contribution in [0.5, 0.6) is 0 Å². The first-order valence-corrected chi connectivity index (χ1v) is 6.66. The molecule has 2 amide bonds. The summed E-state index contributed by atoms with van der Waals surface area (Å²) in [6, 6.07) is 9.85. The number of hydrogen-bond donors (Lipinski definition) is 1. The van der Waals surface area contributed by atoms with Crippen molar-refractivity contribution in [3.05, 3.63) is 36.0 Å². The van der Waals surface area contributed by atoms with Gasteiger partial charge in [0.15, 0.2) is 0 Å². The molecule has 0 radical (unpaired) electrons. The van der Waals surface area contributed by atoms with E-state index >= 15 is 0 Å². The van der Waals surface area contributed by atoms with Gasteiger partial charge in [0.1, 0.15) is 0 Å². The Morgan fingerprint density at radius 2 is 2.00 bits per heavy atom. The van der Waals surface area contributed by atoms with Crippen molar-refractivity contribution < 1.29 is 4.79 Å². The molecule has 4 nitrogen and oxygen atoms in total. The summed E-state index contributed by atoms with van der Waals surface area (Å²) in [5, 5.41) is 4.02. The van der Waals surface area contributed by atoms with E-state index in [1.807, 2.05) is 42.2 Å². The lowest BCUT2D eigenvalue weighted by molar-refractivity contribution is 0.222. The monoisotopic (exact) mass is 255 g/mol. The molecule has 3 rings (SSSR count). The van der Waals surface area contributed by atoms with E-state index in [9.17, 15) is 4.79 Å². The summed E-state index contributed by atoms with van der Waals surface area (Å²) in [6.45, 7) is 3.66. The summed E-state index contributed by atoms with van der Waals surface area (Å²) in [7, 11) is 0. The maximum absolute atomic E-state index is 12.1. The van der Waals surface area contributed by atoms with Gasteiger partial charge in [0.25, 0.3) is 0 Å². The number of para-hydroxylation sites is 1. The summed E-state index contributed by atoms with van der Waals surface area (Å²) >= 11 is 0. The molecule has 1 aliphatic rings. The van der Waals surface area contributed by atoms with Gasteiger partial charge in [0.2, 0.25) is 0 Å². The second-order valence-electron chi connectivity index (χ2n) is 4.95. The second-order valence-corrected chi connectivity index (χ2v) is 4.95. The molecule has 0 atom stereocenters. The average molecular weight is 255 g/mol. The first kappa shape index (κ1) is 12.0. The van der Waals surface area contributed by atoms with E-state index in [4.69, 9.17) is 0 Å². The van der Waals surface area contributed by atoms with E-state index in [0.717, 1.165) is 48.2 Å². The number of carbonyl (C=O) groups is 1. The van der Waals surface area contributed by atoms with Crippen molar-refractivity contribution in [2.24, 2.45) is 0 Å². The predicted molar refractivity (Wildman–Crippen MR) is 76.3 cm³/mol. The zero-order valence-corrected chi connectivity index (χ0v) is 11.0. The smallest absolute Gasteiger partial charge is 0.321 e. The normalized spacial score (nSPS) is 14.9. The lowest BCUT2D eigenvalue weighted by Crippen LogP contribution is -2.32. The number of anilines is 1. The summed E-state index contributed by atoms with van der Waals surface area (Å²) in [5.74, 6) is 0. The Labute approximate surface area is 112 Å². The van der Waals surface area contributed by atoms with Gasteiger partial charge in [0.05, 0.1) is 11.2 Å². The third-order valence-corrected chi connectivity index (χ3v) is 3.49. The van der Waals surface area contributed by atoms with Crippen LogP contribution in [0.25, 0.3) is 10.9 Å². The number of amides is 2. The Kier molecular flexibility index (Phi) is 3.07. The standard InChI is InChI=1S/C15H17N3O/c1-11-7-8-12-5-4-6-13(14(12)16-11)17-15(19)18-9-2-3-10-18/h4-8H,2-3,9-10H2,1H3,(H,17,19). The highest BCUT2D eigenvalue weighted by molar-refractivity contribution is 5.99. The minimum atomic E-state index is -0.0201. The highest BCUT2D eigenvalue weighted by Gasteiger charge is 2.18. The van der Waals surface area contributed by atoms with Gasteiger partial charge in [-0.3, -0.25) is 4.98 Å². The lowest BCUT2D eigenvalue weighted by atomic mass is 10.2. The Morgan fingerprint density at radius 1 is 1.21 bits per heavy atom. The van der Waals surface area contributed by atoms with Crippen molar-refractivity contribution in [1.29, 1.82) is 0 Å². The van der Waals surface area contributed by atoms with Gasteiger partial charge < -0.3 is 10.2 Å². The molecule has 1 aromatic heterocycles. The molecule has 0 aliphatic carbocycles. The summed E-state index contributed by atoms with van der Waals surface area (Å²) in [4.78, 5) is 18.5. The Balaban J connectivity index is 1.91. The first-order valence-electron chi connectivity index (χ1n) is 6.66. The second kappa shape index (κ2) is 4.88. The van der Waals surface area contributed by atoms with Crippen LogP contribution < -0.4 is 5.32 Å². The highest BCUT2D eigenvalue weighted by Crippen LogP contribution is 2.22. The molecular weight excluding hydrogens is 238 g/mol. The number of carbonyl (C=O) groups excluding carboxylic acids is 1. The van der Waals surface area contributed by atoms with Crippen LogP contribution in [-0.4, -0.2) is 29.0 Å². The molecular formula is C15H17N3O. The molecule has 1 saturated heterocycles. The van der Waals surface area contributed by atoms with Crippen molar-refractivity contribution in [2.45, 2.75) is 19.8 Å². The van der Waals surface area contributed by atoms with Crippen LogP contribution in [0.1, 0.15) is 18.5 Å². The number of urea groups is 1. The fraction of sp³-hybridized carbons (Fsp3) is 0.333. The van der Waals surface area contributed by atoms with Gasteiger partial charge in [0, 0.05) is 24.2 Å². The number of hydrogen-bond acceptors (Lipinski definition) is 2. The van der Waals surface area contributed by atoms with Crippen molar-refractivity contribution >= 4 is 22.6 Å². The number of fused-ring (bicyclic) bond motifs is 1. The number of aromatic nitrogens is 1. The number of nitrogens with zero attached hydrogens (tertiary/aromatic N) is 2. The zero-order chi connectivity index (χ0) is 13.2. The Morgan fingerprint density at radius 3 is 2.79 bits per heavy atom. The van der Waals surface area contributed by atoms with Crippen LogP contribution in [0.4, 0.5) is 10.5 Å². The fourth-order valence-corrected chi connectivity index (χ4v) is 2.46. The van der Waals surface area contributed by atoms with Crippen molar-refractivity contribution in [1.82, 2.24) is 9.88 Å². The average Bonchev–Trinajstić information content (AvgIpc) is 2.93. The Bertz CT molecular complexity index is 618. The largest absolute Gasteiger partial charge is 0.325 e. The SMILES string of the molecule is Cc1ccc2cccc(NC(=O)N3CCCC3)c2n1. The number of likely N-dealkylation sites (tertiary alicyclic amines) is 1. The van der Waals surface area contributed by atoms with E-state index in [-0.39, 0.29) is 6.03 Å². The predicted octanol–water partition coefficient (Wildman–Crippen LogP) is 3.17. The van der Waals surface area contributed by atoms with E-state index in [1.165, 1.54) is 0 Å². The van der Waals surface area contributed by atoms with Gasteiger partial charge in [-0.2, -0.15) is 0 Å². The lowest BCUT2D eigenvalue weighted by Gasteiger charge is -2.17. The molecule has 2 heterocycles. The molecule has 1 aromatic carbocycles. The van der Waals surface area contributed by atoms with Gasteiger partial charge in [-0.05, 0) is 31.9 Å². The van der Waals surface area contributed by atoms with E-state index in [1.54, 1.807) is 0 Å². The van der Waals surface area contributed by atoms with Crippen LogP contribution in [-0.2, 0) is 0 Å². The van der Waals surface area contributed by atoms with Gasteiger partial charge in [-0.1, -0.05) is 18.2 Å². The van der Waals surface area contributed by atoms with Crippen LogP contribution in [0.2, 0.25) is 0 Å². The van der Waals surface area contributed by atoms with Crippen LogP contribution >= 0.6 is 0 Å². The van der Waals surface area contributed by atoms with Crippen LogP contribution in [0.15, 0.2) is 30.3 Å². The van der Waals surface area contributed by atoms with Crippen LogP contribution in [0, 0.1) is 6.92 Å². The molecule has 0 unspecified atom stereocenters. The molecule has 98 valence electrons. The number of aryl methyl sites for hydroxylation is 1. The number of benzene rings is 1. The topological polar surface area (TPSA) is 45.2 Å². The van der Waals surface area contributed by atoms with E-state index in [0.29, 0.717) is 0 Å². The molecule has 0 bridgehead atoms. The molecule has 19 heavy (non-hydrogen) atoms. The highest BCUT2D eigenvalue weighted by atomic mass is 16.2. The first-order chi connectivity index (χ1) is 9.24. The summed E-state index contributed by atoms with van der Waals surface area (Å²) in [5.41, 5.74) is 2.60. The molecule has 0 spiro atoms. The minimum absolute atomic E-state index is 0.0201.